The summed E-state index contributed by atoms with van der Waals surface area (Å²) >= 11 is 7.73. The molecule has 0 radical (unpaired) electrons. The largest absolute Gasteiger partial charge is 0.292 e. The Morgan fingerprint density at radius 1 is 1.46 bits per heavy atom. The van der Waals surface area contributed by atoms with E-state index in [2.05, 4.69) is 11.2 Å². The zero-order chi connectivity index (χ0) is 9.52. The quantitative estimate of drug-likeness (QED) is 0.553. The molecule has 0 saturated heterocycles. The van der Waals surface area contributed by atoms with Gasteiger partial charge in [0.2, 0.25) is 0 Å². The highest BCUT2D eigenvalue weighted by molar-refractivity contribution is 7.98. The van der Waals surface area contributed by atoms with Gasteiger partial charge in [0.15, 0.2) is 0 Å². The van der Waals surface area contributed by atoms with Gasteiger partial charge in [0, 0.05) is 29.1 Å². The molecule has 0 spiro atoms. The van der Waals surface area contributed by atoms with Crippen LogP contribution >= 0.6 is 23.4 Å². The lowest BCUT2D eigenvalue weighted by Gasteiger charge is -1.95. The Hall–Kier alpha value is -0.470. The van der Waals surface area contributed by atoms with Crippen molar-refractivity contribution < 1.29 is 0 Å². The Balaban J connectivity index is 2.53. The summed E-state index contributed by atoms with van der Waals surface area (Å²) in [4.78, 5) is 4.26. The molecule has 0 bridgehead atoms. The molecule has 0 N–H and O–H groups in total. The van der Waals surface area contributed by atoms with Gasteiger partial charge in [0.05, 0.1) is 0 Å². The van der Waals surface area contributed by atoms with Crippen molar-refractivity contribution in [1.82, 2.24) is 0 Å². The van der Waals surface area contributed by atoms with Crippen molar-refractivity contribution in [2.45, 2.75) is 0 Å². The van der Waals surface area contributed by atoms with Crippen LogP contribution in [0.4, 0.5) is 0 Å². The van der Waals surface area contributed by atoms with Crippen LogP contribution in [0.5, 0.6) is 0 Å². The molecule has 0 atom stereocenters. The Bertz CT molecular complexity index is 286. The van der Waals surface area contributed by atoms with E-state index in [1.54, 1.807) is 11.8 Å². The first-order valence-electron chi connectivity index (χ1n) is 4.08. The van der Waals surface area contributed by atoms with Crippen LogP contribution in [0.2, 0.25) is 5.02 Å². The lowest BCUT2D eigenvalue weighted by molar-refractivity contribution is 1.16. The van der Waals surface area contributed by atoms with Crippen molar-refractivity contribution in [3.8, 4) is 0 Å². The molecular weight excluding hydrogens is 202 g/mol. The van der Waals surface area contributed by atoms with Gasteiger partial charge < -0.3 is 0 Å². The minimum Gasteiger partial charge on any atom is -0.292 e. The van der Waals surface area contributed by atoms with E-state index in [1.807, 2.05) is 30.5 Å². The van der Waals surface area contributed by atoms with Crippen molar-refractivity contribution in [1.29, 1.82) is 0 Å². The number of aliphatic imine (C=N–C) groups is 1. The van der Waals surface area contributed by atoms with Crippen LogP contribution in [0.15, 0.2) is 29.3 Å². The molecule has 0 aliphatic rings. The maximum atomic E-state index is 5.94. The fourth-order valence-electron chi connectivity index (χ4n) is 0.887. The summed E-state index contributed by atoms with van der Waals surface area (Å²) in [6.07, 6.45) is 3.91. The number of thioether (sulfide) groups is 1. The van der Waals surface area contributed by atoms with Gasteiger partial charge in [-0.3, -0.25) is 4.99 Å². The summed E-state index contributed by atoms with van der Waals surface area (Å²) in [5, 5.41) is 0.760. The number of hydrogen-bond donors (Lipinski definition) is 0. The molecule has 0 amide bonds. The molecule has 0 saturated carbocycles. The normalized spacial score (nSPS) is 10.9. The Morgan fingerprint density at radius 2 is 2.23 bits per heavy atom. The average molecular weight is 214 g/mol. The fourth-order valence-corrected chi connectivity index (χ4v) is 1.36. The molecule has 1 rings (SSSR count). The highest BCUT2D eigenvalue weighted by Crippen LogP contribution is 2.12. The number of hydrogen-bond acceptors (Lipinski definition) is 2. The smallest absolute Gasteiger partial charge is 0.0493 e. The van der Waals surface area contributed by atoms with Crippen LogP contribution in [0.25, 0.3) is 0 Å². The molecule has 0 aliphatic carbocycles. The predicted octanol–water partition coefficient (Wildman–Crippen LogP) is 3.12. The third-order valence-electron chi connectivity index (χ3n) is 1.56. The van der Waals surface area contributed by atoms with E-state index in [1.165, 1.54) is 0 Å². The number of rotatable bonds is 4. The van der Waals surface area contributed by atoms with Crippen molar-refractivity contribution >= 4 is 29.6 Å². The topological polar surface area (TPSA) is 12.4 Å². The summed E-state index contributed by atoms with van der Waals surface area (Å²) in [5.74, 6) is 1.06. The Labute approximate surface area is 88.2 Å². The van der Waals surface area contributed by atoms with Gasteiger partial charge >= 0.3 is 0 Å². The van der Waals surface area contributed by atoms with Crippen LogP contribution in [-0.4, -0.2) is 24.8 Å². The molecule has 0 unspecified atom stereocenters. The maximum Gasteiger partial charge on any atom is 0.0493 e. The zero-order valence-electron chi connectivity index (χ0n) is 7.53. The van der Waals surface area contributed by atoms with E-state index >= 15 is 0 Å². The standard InChI is InChI=1S/C10H12ClNS/c1-13-7-6-12-8-9-4-2-3-5-10(9)11/h2-5,8H,6-7H2,1H3. The van der Waals surface area contributed by atoms with Crippen molar-refractivity contribution in [3.63, 3.8) is 0 Å². The second-order valence-corrected chi connectivity index (χ2v) is 3.94. The number of benzene rings is 1. The number of halogens is 1. The van der Waals surface area contributed by atoms with E-state index in [0.717, 1.165) is 22.9 Å². The fraction of sp³-hybridized carbons (Fsp3) is 0.300. The molecule has 0 aliphatic heterocycles. The molecule has 1 nitrogen and oxygen atoms in total. The molecule has 3 heteroatoms. The third-order valence-corrected chi connectivity index (χ3v) is 2.50. The lowest BCUT2D eigenvalue weighted by Crippen LogP contribution is -1.87. The van der Waals surface area contributed by atoms with Gasteiger partial charge in [-0.1, -0.05) is 29.8 Å². The zero-order valence-corrected chi connectivity index (χ0v) is 9.11. The lowest BCUT2D eigenvalue weighted by atomic mass is 10.2. The first kappa shape index (κ1) is 10.6. The molecule has 70 valence electrons. The highest BCUT2D eigenvalue weighted by atomic mass is 35.5. The molecular formula is C10H12ClNS. The Kier molecular flexibility index (Phi) is 4.94. The summed E-state index contributed by atoms with van der Waals surface area (Å²) in [6, 6.07) is 7.71. The van der Waals surface area contributed by atoms with Crippen LogP contribution in [0.3, 0.4) is 0 Å². The molecule has 1 aromatic carbocycles. The van der Waals surface area contributed by atoms with Gasteiger partial charge in [0.25, 0.3) is 0 Å². The van der Waals surface area contributed by atoms with Crippen molar-refractivity contribution in [2.24, 2.45) is 4.99 Å². The van der Waals surface area contributed by atoms with E-state index in [9.17, 15) is 0 Å². The molecule has 1 aromatic rings. The van der Waals surface area contributed by atoms with Crippen LogP contribution in [-0.2, 0) is 0 Å². The van der Waals surface area contributed by atoms with E-state index in [4.69, 9.17) is 11.6 Å². The first-order valence-corrected chi connectivity index (χ1v) is 5.85. The van der Waals surface area contributed by atoms with Crippen molar-refractivity contribution in [2.75, 3.05) is 18.6 Å². The summed E-state index contributed by atoms with van der Waals surface area (Å²) in [7, 11) is 0. The van der Waals surface area contributed by atoms with Crippen LogP contribution in [0.1, 0.15) is 5.56 Å². The molecule has 0 fully saturated rings. The highest BCUT2D eigenvalue weighted by Gasteiger charge is 1.92. The van der Waals surface area contributed by atoms with E-state index in [-0.39, 0.29) is 0 Å². The number of nitrogens with zero attached hydrogens (tertiary/aromatic N) is 1. The third kappa shape index (κ3) is 3.83. The summed E-state index contributed by atoms with van der Waals surface area (Å²) < 4.78 is 0. The van der Waals surface area contributed by atoms with Gasteiger partial charge in [-0.15, -0.1) is 0 Å². The monoisotopic (exact) mass is 213 g/mol. The van der Waals surface area contributed by atoms with Crippen LogP contribution in [0, 0.1) is 0 Å². The minimum absolute atomic E-state index is 0.760. The van der Waals surface area contributed by atoms with Gasteiger partial charge in [-0.25, -0.2) is 0 Å². The second-order valence-electron chi connectivity index (χ2n) is 2.55. The average Bonchev–Trinajstić information content (AvgIpc) is 2.15. The molecule has 13 heavy (non-hydrogen) atoms. The van der Waals surface area contributed by atoms with Gasteiger partial charge in [-0.2, -0.15) is 11.8 Å². The van der Waals surface area contributed by atoms with Crippen LogP contribution < -0.4 is 0 Å². The summed E-state index contributed by atoms with van der Waals surface area (Å²) in [5.41, 5.74) is 0.991. The summed E-state index contributed by atoms with van der Waals surface area (Å²) in [6.45, 7) is 0.854. The van der Waals surface area contributed by atoms with E-state index in [0.29, 0.717) is 0 Å². The van der Waals surface area contributed by atoms with E-state index < -0.39 is 0 Å². The van der Waals surface area contributed by atoms with Gasteiger partial charge in [-0.05, 0) is 12.3 Å². The predicted molar refractivity (Wildman–Crippen MR) is 62.3 cm³/mol. The van der Waals surface area contributed by atoms with Gasteiger partial charge in [0.1, 0.15) is 0 Å². The van der Waals surface area contributed by atoms with Crippen molar-refractivity contribution in [3.05, 3.63) is 34.9 Å². The molecule has 0 aromatic heterocycles. The molecule has 0 heterocycles. The second kappa shape index (κ2) is 6.06. The first-order chi connectivity index (χ1) is 6.34. The maximum absolute atomic E-state index is 5.94. The SMILES string of the molecule is CSCCN=Cc1ccccc1Cl. The Morgan fingerprint density at radius 3 is 2.92 bits per heavy atom. The minimum atomic E-state index is 0.760.